The molecule has 0 radical (unpaired) electrons. The Labute approximate surface area is 268 Å². The second-order valence-corrected chi connectivity index (χ2v) is 15.0. The third kappa shape index (κ3) is 7.06. The molecule has 11 heteroatoms. The average molecular weight is 633 g/mol. The lowest BCUT2D eigenvalue weighted by Crippen LogP contribution is -2.62. The minimum atomic E-state index is -0.683. The molecule has 2 unspecified atom stereocenters. The lowest BCUT2D eigenvalue weighted by atomic mass is 9.51. The summed E-state index contributed by atoms with van der Waals surface area (Å²) < 4.78 is 1.68. The molecule has 1 saturated carbocycles. The lowest BCUT2D eigenvalue weighted by molar-refractivity contribution is -0.162. The predicted octanol–water partition coefficient (Wildman–Crippen LogP) is 6.33. The van der Waals surface area contributed by atoms with Crippen LogP contribution in [0.5, 0.6) is 0 Å². The third-order valence-electron chi connectivity index (χ3n) is 8.79. The maximum Gasteiger partial charge on any atom is 0.324 e. The molecular weight excluding hydrogens is 592 g/mol. The number of nitrogens with zero attached hydrogens (tertiary/aromatic N) is 2. The summed E-state index contributed by atoms with van der Waals surface area (Å²) in [5.74, 6) is -0.155. The van der Waals surface area contributed by atoms with E-state index >= 15 is 0 Å². The fraction of sp³-hybridized carbons (Fsp3) is 0.441. The molecule has 2 bridgehead atoms. The summed E-state index contributed by atoms with van der Waals surface area (Å²) in [6.45, 7) is 12.2. The zero-order valence-corrected chi connectivity index (χ0v) is 27.4. The summed E-state index contributed by atoms with van der Waals surface area (Å²) in [6, 6.07) is 15.8. The first-order chi connectivity index (χ1) is 21.0. The molecule has 2 atom stereocenters. The van der Waals surface area contributed by atoms with Crippen molar-refractivity contribution in [2.45, 2.75) is 79.2 Å². The number of urea groups is 1. The van der Waals surface area contributed by atoms with E-state index in [9.17, 15) is 19.2 Å². The Kier molecular flexibility index (Phi) is 8.33. The third-order valence-corrected chi connectivity index (χ3v) is 9.04. The molecule has 4 N–H and O–H groups in total. The van der Waals surface area contributed by atoms with Crippen LogP contribution in [0, 0.1) is 16.2 Å². The number of amides is 5. The van der Waals surface area contributed by atoms with E-state index in [1.165, 1.54) is 0 Å². The monoisotopic (exact) mass is 632 g/mol. The Hall–Kier alpha value is -4.18. The number of rotatable bonds is 7. The van der Waals surface area contributed by atoms with E-state index < -0.39 is 22.3 Å². The maximum absolute atomic E-state index is 13.2. The number of fused-ring (bicyclic) bond motifs is 2. The van der Waals surface area contributed by atoms with Crippen LogP contribution < -0.4 is 21.3 Å². The first kappa shape index (κ1) is 32.2. The highest BCUT2D eigenvalue weighted by Gasteiger charge is 2.59. The predicted molar refractivity (Wildman–Crippen MR) is 174 cm³/mol. The smallest absolute Gasteiger partial charge is 0.324 e. The van der Waals surface area contributed by atoms with E-state index in [1.807, 2.05) is 71.9 Å². The first-order valence-corrected chi connectivity index (χ1v) is 15.5. The van der Waals surface area contributed by atoms with Crippen LogP contribution in [0.25, 0.3) is 5.69 Å². The topological polar surface area (TPSA) is 134 Å². The number of piperidine rings is 1. The Morgan fingerprint density at radius 1 is 0.933 bits per heavy atom. The van der Waals surface area contributed by atoms with Gasteiger partial charge in [0, 0.05) is 46.0 Å². The van der Waals surface area contributed by atoms with Crippen molar-refractivity contribution < 1.29 is 19.2 Å². The van der Waals surface area contributed by atoms with Gasteiger partial charge in [0.1, 0.15) is 5.82 Å². The van der Waals surface area contributed by atoms with E-state index in [0.29, 0.717) is 35.8 Å². The van der Waals surface area contributed by atoms with Crippen molar-refractivity contribution in [3.05, 3.63) is 70.9 Å². The summed E-state index contributed by atoms with van der Waals surface area (Å²) in [5.41, 5.74) is 0.832. The molecule has 2 fully saturated rings. The van der Waals surface area contributed by atoms with Crippen LogP contribution >= 0.6 is 11.6 Å². The van der Waals surface area contributed by atoms with Gasteiger partial charge < -0.3 is 10.6 Å². The molecule has 0 spiro atoms. The molecule has 45 heavy (non-hydrogen) atoms. The van der Waals surface area contributed by atoms with Gasteiger partial charge in [-0.15, -0.1) is 0 Å². The lowest BCUT2D eigenvalue weighted by Gasteiger charge is -2.54. The summed E-state index contributed by atoms with van der Waals surface area (Å²) in [7, 11) is 0. The van der Waals surface area contributed by atoms with E-state index in [0.717, 1.165) is 16.9 Å². The molecule has 1 aliphatic heterocycles. The van der Waals surface area contributed by atoms with Crippen LogP contribution in [-0.4, -0.2) is 33.5 Å². The van der Waals surface area contributed by atoms with Gasteiger partial charge in [-0.25, -0.2) is 9.48 Å². The van der Waals surface area contributed by atoms with Gasteiger partial charge in [0.15, 0.2) is 0 Å². The minimum Gasteiger partial charge on any atom is -0.352 e. The fourth-order valence-corrected chi connectivity index (χ4v) is 7.20. The van der Waals surface area contributed by atoms with Gasteiger partial charge in [0.25, 0.3) is 0 Å². The Morgan fingerprint density at radius 3 is 2.20 bits per heavy atom. The number of carbonyl (C=O) groups is 4. The number of hydrogen-bond acceptors (Lipinski definition) is 5. The number of benzene rings is 2. The first-order valence-electron chi connectivity index (χ1n) is 15.1. The SMILES string of the molecule is CC1(CC(=O)NCc2cccc(-n3nc(C(C)(C)C)cc3NC(=O)Nc3ccc(Cl)cc3)c2)CC2(C)CC(C)(C1)C(=O)NC2=O. The maximum atomic E-state index is 13.2. The normalized spacial score (nSPS) is 24.5. The van der Waals surface area contributed by atoms with Crippen LogP contribution in [-0.2, 0) is 26.3 Å². The number of aromatic nitrogens is 2. The summed E-state index contributed by atoms with van der Waals surface area (Å²) >= 11 is 5.96. The van der Waals surface area contributed by atoms with Gasteiger partial charge in [-0.3, -0.25) is 25.0 Å². The van der Waals surface area contributed by atoms with Crippen molar-refractivity contribution in [1.29, 1.82) is 0 Å². The number of halogens is 1. The second kappa shape index (κ2) is 11.6. The highest BCUT2D eigenvalue weighted by atomic mass is 35.5. The summed E-state index contributed by atoms with van der Waals surface area (Å²) in [6.07, 6.45) is 1.78. The summed E-state index contributed by atoms with van der Waals surface area (Å²) in [4.78, 5) is 51.5. The van der Waals surface area contributed by atoms with Crippen molar-refractivity contribution in [2.24, 2.45) is 16.2 Å². The zero-order chi connectivity index (χ0) is 32.8. The number of carbonyl (C=O) groups excluding carboxylic acids is 4. The number of anilines is 2. The fourth-order valence-electron chi connectivity index (χ4n) is 7.08. The Balaban J connectivity index is 1.29. The second-order valence-electron chi connectivity index (χ2n) is 14.5. The van der Waals surface area contributed by atoms with E-state index in [-0.39, 0.29) is 36.1 Å². The zero-order valence-electron chi connectivity index (χ0n) is 26.6. The van der Waals surface area contributed by atoms with Crippen LogP contribution in [0.3, 0.4) is 0 Å². The van der Waals surface area contributed by atoms with Crippen LogP contribution in [0.2, 0.25) is 5.02 Å². The number of imide groups is 1. The van der Waals surface area contributed by atoms with E-state index in [2.05, 4.69) is 21.3 Å². The Bertz CT molecular complexity index is 1630. The van der Waals surface area contributed by atoms with Crippen molar-refractivity contribution in [2.75, 3.05) is 10.6 Å². The van der Waals surface area contributed by atoms with Gasteiger partial charge in [-0.05, 0) is 66.6 Å². The molecule has 1 aliphatic carbocycles. The molecule has 2 heterocycles. The van der Waals surface area contributed by atoms with Crippen molar-refractivity contribution in [1.82, 2.24) is 20.4 Å². The average Bonchev–Trinajstić information content (AvgIpc) is 3.36. The van der Waals surface area contributed by atoms with Gasteiger partial charge in [0.2, 0.25) is 17.7 Å². The Morgan fingerprint density at radius 2 is 1.58 bits per heavy atom. The van der Waals surface area contributed by atoms with Gasteiger partial charge >= 0.3 is 6.03 Å². The molecule has 2 aromatic carbocycles. The summed E-state index contributed by atoms with van der Waals surface area (Å²) in [5, 5.41) is 16.7. The minimum absolute atomic E-state index is 0.140. The molecule has 3 aromatic rings. The molecule has 5 rings (SSSR count). The van der Waals surface area contributed by atoms with Crippen molar-refractivity contribution in [3.63, 3.8) is 0 Å². The number of nitrogens with one attached hydrogen (secondary N) is 4. The molecule has 5 amide bonds. The molecular formula is C34H41ClN6O4. The molecule has 10 nitrogen and oxygen atoms in total. The van der Waals surface area contributed by atoms with Crippen molar-refractivity contribution in [3.8, 4) is 5.69 Å². The highest BCUT2D eigenvalue weighted by Crippen LogP contribution is 2.57. The van der Waals surface area contributed by atoms with E-state index in [1.54, 1.807) is 28.9 Å². The van der Waals surface area contributed by atoms with Gasteiger partial charge in [-0.1, -0.05) is 65.3 Å². The highest BCUT2D eigenvalue weighted by molar-refractivity contribution is 6.30. The van der Waals surface area contributed by atoms with Crippen molar-refractivity contribution >= 4 is 46.9 Å². The number of hydrogen-bond donors (Lipinski definition) is 4. The molecule has 1 saturated heterocycles. The molecule has 2 aliphatic rings. The van der Waals surface area contributed by atoms with E-state index in [4.69, 9.17) is 16.7 Å². The van der Waals surface area contributed by atoms with Crippen LogP contribution in [0.1, 0.15) is 78.5 Å². The van der Waals surface area contributed by atoms with Crippen LogP contribution in [0.15, 0.2) is 54.6 Å². The quantitative estimate of drug-likeness (QED) is 0.226. The largest absolute Gasteiger partial charge is 0.352 e. The molecule has 1 aromatic heterocycles. The van der Waals surface area contributed by atoms with Gasteiger partial charge in [-0.2, -0.15) is 5.10 Å². The van der Waals surface area contributed by atoms with Gasteiger partial charge in [0.05, 0.1) is 11.4 Å². The molecule has 238 valence electrons. The standard InChI is InChI=1S/C34H41ClN6O4/c1-31(2,3)25-15-26(38-30(45)37-23-12-10-22(35)11-13-23)41(40-25)24-9-7-8-21(14-24)17-36-27(42)16-32(4)18-33(5)20-34(6,19-32)29(44)39-28(33)43/h7-15H,16-20H2,1-6H3,(H,36,42)(H2,37,38,45)(H,39,43,44). The van der Waals surface area contributed by atoms with Crippen LogP contribution in [0.4, 0.5) is 16.3 Å².